The molecule has 0 fully saturated rings. The summed E-state index contributed by atoms with van der Waals surface area (Å²) < 4.78 is 2.02. The third-order valence-corrected chi connectivity index (χ3v) is 4.16. The Morgan fingerprint density at radius 1 is 1.22 bits per heavy atom. The number of anilines is 1. The van der Waals surface area contributed by atoms with Gasteiger partial charge in [-0.2, -0.15) is 0 Å². The van der Waals surface area contributed by atoms with Crippen molar-refractivity contribution < 1.29 is 9.59 Å². The number of hydrogen-bond donors (Lipinski definition) is 1. The minimum Gasteiger partial charge on any atom is -0.338 e. The molecule has 1 aromatic carbocycles. The lowest BCUT2D eigenvalue weighted by molar-refractivity contribution is 0.0955. The number of carbonyl (C=O) groups is 2. The van der Waals surface area contributed by atoms with Crippen LogP contribution in [0, 0.1) is 0 Å². The second-order valence-corrected chi connectivity index (χ2v) is 5.68. The Balaban J connectivity index is 1.71. The molecule has 3 aromatic rings. The lowest BCUT2D eigenvalue weighted by atomic mass is 10.1. The maximum absolute atomic E-state index is 12.4. The fourth-order valence-corrected chi connectivity index (χ4v) is 3.03. The van der Waals surface area contributed by atoms with Crippen molar-refractivity contribution in [2.45, 2.75) is 19.4 Å². The molecule has 5 heteroatoms. The number of fused-ring (bicyclic) bond motifs is 3. The van der Waals surface area contributed by atoms with Crippen LogP contribution in [-0.4, -0.2) is 21.2 Å². The van der Waals surface area contributed by atoms with E-state index < -0.39 is 0 Å². The fraction of sp³-hybridized carbons (Fsp3) is 0.167. The van der Waals surface area contributed by atoms with E-state index in [0.29, 0.717) is 17.7 Å². The van der Waals surface area contributed by atoms with Gasteiger partial charge in [0.25, 0.3) is 5.91 Å². The molecule has 1 amide bonds. The van der Waals surface area contributed by atoms with Gasteiger partial charge in [0.1, 0.15) is 0 Å². The number of amides is 1. The Bertz CT molecular complexity index is 913. The Morgan fingerprint density at radius 3 is 2.96 bits per heavy atom. The van der Waals surface area contributed by atoms with E-state index in [1.807, 2.05) is 22.8 Å². The molecule has 0 spiro atoms. The molecule has 114 valence electrons. The molecule has 0 saturated heterocycles. The monoisotopic (exact) mass is 305 g/mol. The van der Waals surface area contributed by atoms with Gasteiger partial charge in [-0.05, 0) is 36.8 Å². The number of aromatic nitrogens is 2. The van der Waals surface area contributed by atoms with E-state index in [4.69, 9.17) is 0 Å². The summed E-state index contributed by atoms with van der Waals surface area (Å²) in [6, 6.07) is 11.0. The minimum absolute atomic E-state index is 0.175. The second-order valence-electron chi connectivity index (χ2n) is 5.68. The van der Waals surface area contributed by atoms with Crippen LogP contribution < -0.4 is 5.32 Å². The van der Waals surface area contributed by atoms with Crippen molar-refractivity contribution in [2.75, 3.05) is 5.32 Å². The fourth-order valence-electron chi connectivity index (χ4n) is 3.03. The smallest absolute Gasteiger partial charge is 0.255 e. The van der Waals surface area contributed by atoms with Crippen molar-refractivity contribution in [1.82, 2.24) is 9.55 Å². The van der Waals surface area contributed by atoms with Crippen LogP contribution in [0.5, 0.6) is 0 Å². The van der Waals surface area contributed by atoms with Gasteiger partial charge in [-0.15, -0.1) is 0 Å². The Hall–Kier alpha value is -2.95. The summed E-state index contributed by atoms with van der Waals surface area (Å²) in [7, 11) is 0. The molecular weight excluding hydrogens is 290 g/mol. The second kappa shape index (κ2) is 5.35. The molecular formula is C18H15N3O2. The molecule has 0 aliphatic carbocycles. The number of pyridine rings is 1. The number of benzene rings is 1. The Labute approximate surface area is 133 Å². The van der Waals surface area contributed by atoms with Gasteiger partial charge in [0.05, 0.1) is 17.6 Å². The average Bonchev–Trinajstić information content (AvgIpc) is 2.95. The van der Waals surface area contributed by atoms with Crippen molar-refractivity contribution in [3.8, 4) is 0 Å². The van der Waals surface area contributed by atoms with Gasteiger partial charge in [0.2, 0.25) is 0 Å². The normalized spacial score (nSPS) is 13.8. The van der Waals surface area contributed by atoms with Gasteiger partial charge < -0.3 is 9.88 Å². The van der Waals surface area contributed by atoms with Crippen molar-refractivity contribution in [3.63, 3.8) is 0 Å². The summed E-state index contributed by atoms with van der Waals surface area (Å²) in [5, 5.41) is 3.82. The number of carbonyl (C=O) groups excluding carboxylic acids is 2. The van der Waals surface area contributed by atoms with Crippen molar-refractivity contribution >= 4 is 28.3 Å². The highest BCUT2D eigenvalue weighted by Crippen LogP contribution is 2.26. The molecule has 23 heavy (non-hydrogen) atoms. The van der Waals surface area contributed by atoms with E-state index in [1.165, 1.54) is 0 Å². The molecule has 0 unspecified atom stereocenters. The topological polar surface area (TPSA) is 64.0 Å². The van der Waals surface area contributed by atoms with Gasteiger partial charge >= 0.3 is 0 Å². The molecule has 3 heterocycles. The van der Waals surface area contributed by atoms with Gasteiger partial charge in [0.15, 0.2) is 5.78 Å². The summed E-state index contributed by atoms with van der Waals surface area (Å²) in [5.74, 6) is -0.00797. The van der Waals surface area contributed by atoms with Crippen LogP contribution in [0.1, 0.15) is 33.7 Å². The largest absolute Gasteiger partial charge is 0.338 e. The Morgan fingerprint density at radius 2 is 2.13 bits per heavy atom. The van der Waals surface area contributed by atoms with Gasteiger partial charge in [0, 0.05) is 35.6 Å². The van der Waals surface area contributed by atoms with Crippen molar-refractivity contribution in [2.24, 2.45) is 0 Å². The number of aryl methyl sites for hydroxylation is 1. The quantitative estimate of drug-likeness (QED) is 0.790. The standard InChI is InChI=1S/C18H15N3O2/c22-17-4-2-8-21-15-10-13(6-5-12(15)9-16(17)21)18(23)20-14-3-1-7-19-11-14/h1,3,5-7,9-11H,2,4,8H2,(H,20,23). The first kappa shape index (κ1) is 13.7. The first-order chi connectivity index (χ1) is 11.2. The van der Waals surface area contributed by atoms with E-state index in [2.05, 4.69) is 10.3 Å². The molecule has 0 atom stereocenters. The zero-order chi connectivity index (χ0) is 15.8. The van der Waals surface area contributed by atoms with Gasteiger partial charge in [-0.1, -0.05) is 6.07 Å². The molecule has 1 aliphatic heterocycles. The average molecular weight is 305 g/mol. The lowest BCUT2D eigenvalue weighted by Gasteiger charge is -2.15. The molecule has 0 saturated carbocycles. The number of hydrogen-bond acceptors (Lipinski definition) is 3. The van der Waals surface area contributed by atoms with E-state index in [0.717, 1.165) is 29.6 Å². The third-order valence-electron chi connectivity index (χ3n) is 4.16. The molecule has 0 radical (unpaired) electrons. The SMILES string of the molecule is O=C(Nc1cccnc1)c1ccc2cc3n(c2c1)CCCC3=O. The predicted molar refractivity (Wildman–Crippen MR) is 87.7 cm³/mol. The number of nitrogens with one attached hydrogen (secondary N) is 1. The van der Waals surface area contributed by atoms with Crippen LogP contribution >= 0.6 is 0 Å². The highest BCUT2D eigenvalue weighted by atomic mass is 16.1. The number of ketones is 1. The first-order valence-corrected chi connectivity index (χ1v) is 7.60. The summed E-state index contributed by atoms with van der Waals surface area (Å²) in [5.41, 5.74) is 2.91. The highest BCUT2D eigenvalue weighted by molar-refractivity contribution is 6.07. The van der Waals surface area contributed by atoms with Crippen LogP contribution in [-0.2, 0) is 6.54 Å². The molecule has 4 rings (SSSR count). The number of nitrogens with zero attached hydrogens (tertiary/aromatic N) is 2. The third kappa shape index (κ3) is 2.40. The predicted octanol–water partition coefficient (Wildman–Crippen LogP) is 3.27. The van der Waals surface area contributed by atoms with E-state index >= 15 is 0 Å². The van der Waals surface area contributed by atoms with E-state index in [1.54, 1.807) is 30.6 Å². The maximum atomic E-state index is 12.4. The van der Waals surface area contributed by atoms with Crippen LogP contribution in [0.4, 0.5) is 5.69 Å². The van der Waals surface area contributed by atoms with Crippen LogP contribution in [0.15, 0.2) is 48.8 Å². The zero-order valence-electron chi connectivity index (χ0n) is 12.5. The molecule has 2 aromatic heterocycles. The number of Topliss-reactive ketones (excluding diaryl/α,β-unsaturated/α-hetero) is 1. The maximum Gasteiger partial charge on any atom is 0.255 e. The number of rotatable bonds is 2. The van der Waals surface area contributed by atoms with Gasteiger partial charge in [-0.25, -0.2) is 0 Å². The molecule has 1 aliphatic rings. The summed E-state index contributed by atoms with van der Waals surface area (Å²) >= 11 is 0. The first-order valence-electron chi connectivity index (χ1n) is 7.60. The van der Waals surface area contributed by atoms with Gasteiger partial charge in [-0.3, -0.25) is 14.6 Å². The lowest BCUT2D eigenvalue weighted by Crippen LogP contribution is -2.16. The summed E-state index contributed by atoms with van der Waals surface area (Å²) in [6.07, 6.45) is 4.71. The summed E-state index contributed by atoms with van der Waals surface area (Å²) in [4.78, 5) is 28.4. The van der Waals surface area contributed by atoms with Crippen molar-refractivity contribution in [3.05, 3.63) is 60.0 Å². The van der Waals surface area contributed by atoms with E-state index in [-0.39, 0.29) is 11.7 Å². The van der Waals surface area contributed by atoms with Crippen LogP contribution in [0.3, 0.4) is 0 Å². The van der Waals surface area contributed by atoms with Crippen LogP contribution in [0.2, 0.25) is 0 Å². The Kier molecular flexibility index (Phi) is 3.19. The highest BCUT2D eigenvalue weighted by Gasteiger charge is 2.20. The molecule has 0 bridgehead atoms. The van der Waals surface area contributed by atoms with E-state index in [9.17, 15) is 9.59 Å². The molecule has 5 nitrogen and oxygen atoms in total. The zero-order valence-corrected chi connectivity index (χ0v) is 12.5. The molecule has 1 N–H and O–H groups in total. The van der Waals surface area contributed by atoms with Crippen LogP contribution in [0.25, 0.3) is 10.9 Å². The summed E-state index contributed by atoms with van der Waals surface area (Å²) in [6.45, 7) is 0.818. The minimum atomic E-state index is -0.183. The van der Waals surface area contributed by atoms with Crippen molar-refractivity contribution in [1.29, 1.82) is 0 Å².